The SMILES string of the molecule is CC1(C)CCCc2c(N3CC(N)C3)nc(N)nc21. The summed E-state index contributed by atoms with van der Waals surface area (Å²) in [4.78, 5) is 11.2. The topological polar surface area (TPSA) is 81.1 Å². The Morgan fingerprint density at radius 3 is 2.67 bits per heavy atom. The van der Waals surface area contributed by atoms with Crippen molar-refractivity contribution in [2.24, 2.45) is 5.73 Å². The van der Waals surface area contributed by atoms with Crippen molar-refractivity contribution in [1.82, 2.24) is 9.97 Å². The molecule has 1 aromatic rings. The van der Waals surface area contributed by atoms with Gasteiger partial charge in [0.1, 0.15) is 5.82 Å². The van der Waals surface area contributed by atoms with Crippen molar-refractivity contribution in [3.05, 3.63) is 11.3 Å². The predicted octanol–water partition coefficient (Wildman–Crippen LogP) is 0.820. The summed E-state index contributed by atoms with van der Waals surface area (Å²) in [7, 11) is 0. The highest BCUT2D eigenvalue weighted by atomic mass is 15.3. The Kier molecular flexibility index (Phi) is 2.48. The molecule has 18 heavy (non-hydrogen) atoms. The summed E-state index contributed by atoms with van der Waals surface area (Å²) < 4.78 is 0. The number of nitrogens with zero attached hydrogens (tertiary/aromatic N) is 3. The van der Waals surface area contributed by atoms with Crippen molar-refractivity contribution >= 4 is 11.8 Å². The number of hydrogen-bond acceptors (Lipinski definition) is 5. The molecule has 0 aromatic carbocycles. The maximum absolute atomic E-state index is 5.87. The lowest BCUT2D eigenvalue weighted by Gasteiger charge is -2.41. The molecule has 1 aromatic heterocycles. The summed E-state index contributed by atoms with van der Waals surface area (Å²) in [6, 6.07) is 0.272. The maximum atomic E-state index is 5.87. The molecule has 1 fully saturated rings. The fourth-order valence-corrected chi connectivity index (χ4v) is 3.05. The molecule has 0 spiro atoms. The molecule has 5 heteroatoms. The van der Waals surface area contributed by atoms with Gasteiger partial charge in [-0.05, 0) is 19.3 Å². The monoisotopic (exact) mass is 247 g/mol. The quantitative estimate of drug-likeness (QED) is 0.768. The zero-order valence-corrected chi connectivity index (χ0v) is 11.1. The van der Waals surface area contributed by atoms with Gasteiger partial charge < -0.3 is 16.4 Å². The Morgan fingerprint density at radius 2 is 2.00 bits per heavy atom. The van der Waals surface area contributed by atoms with Gasteiger partial charge in [-0.15, -0.1) is 0 Å². The Morgan fingerprint density at radius 1 is 1.28 bits per heavy atom. The molecule has 1 saturated heterocycles. The third kappa shape index (κ3) is 1.73. The second-order valence-corrected chi connectivity index (χ2v) is 6.14. The molecular formula is C13H21N5. The highest BCUT2D eigenvalue weighted by molar-refractivity contribution is 5.56. The fourth-order valence-electron chi connectivity index (χ4n) is 3.05. The van der Waals surface area contributed by atoms with Gasteiger partial charge in [0.2, 0.25) is 5.95 Å². The molecule has 0 radical (unpaired) electrons. The molecular weight excluding hydrogens is 226 g/mol. The number of fused-ring (bicyclic) bond motifs is 1. The summed E-state index contributed by atoms with van der Waals surface area (Å²) in [5.74, 6) is 1.41. The Bertz CT molecular complexity index is 477. The zero-order chi connectivity index (χ0) is 12.9. The molecule has 0 unspecified atom stereocenters. The van der Waals surface area contributed by atoms with Crippen LogP contribution in [-0.2, 0) is 11.8 Å². The van der Waals surface area contributed by atoms with Crippen LogP contribution in [0.15, 0.2) is 0 Å². The molecule has 5 nitrogen and oxygen atoms in total. The third-order valence-corrected chi connectivity index (χ3v) is 4.08. The largest absolute Gasteiger partial charge is 0.368 e. The predicted molar refractivity (Wildman–Crippen MR) is 72.6 cm³/mol. The van der Waals surface area contributed by atoms with E-state index in [1.807, 2.05) is 0 Å². The number of rotatable bonds is 1. The van der Waals surface area contributed by atoms with Crippen LogP contribution in [0, 0.1) is 0 Å². The molecule has 2 heterocycles. The minimum Gasteiger partial charge on any atom is -0.368 e. The smallest absolute Gasteiger partial charge is 0.222 e. The summed E-state index contributed by atoms with van der Waals surface area (Å²) in [5, 5.41) is 0. The minimum atomic E-state index is 0.104. The highest BCUT2D eigenvalue weighted by Crippen LogP contribution is 2.39. The molecule has 2 aliphatic rings. The average Bonchev–Trinajstić information content (AvgIpc) is 2.25. The van der Waals surface area contributed by atoms with E-state index in [4.69, 9.17) is 11.5 Å². The zero-order valence-electron chi connectivity index (χ0n) is 11.1. The lowest BCUT2D eigenvalue weighted by Crippen LogP contribution is -2.56. The Balaban J connectivity index is 2.07. The van der Waals surface area contributed by atoms with Gasteiger partial charge in [0.15, 0.2) is 0 Å². The van der Waals surface area contributed by atoms with Gasteiger partial charge >= 0.3 is 0 Å². The van der Waals surface area contributed by atoms with E-state index in [-0.39, 0.29) is 11.5 Å². The van der Waals surface area contributed by atoms with Crippen molar-refractivity contribution in [2.45, 2.75) is 44.6 Å². The first kappa shape index (κ1) is 11.7. The average molecular weight is 247 g/mol. The van der Waals surface area contributed by atoms with Crippen LogP contribution in [0.3, 0.4) is 0 Å². The van der Waals surface area contributed by atoms with Crippen LogP contribution in [0.25, 0.3) is 0 Å². The number of nitrogen functional groups attached to an aromatic ring is 1. The van der Waals surface area contributed by atoms with Crippen molar-refractivity contribution in [3.8, 4) is 0 Å². The number of anilines is 2. The molecule has 98 valence electrons. The van der Waals surface area contributed by atoms with E-state index >= 15 is 0 Å². The molecule has 1 aliphatic heterocycles. The van der Waals surface area contributed by atoms with E-state index in [0.29, 0.717) is 5.95 Å². The van der Waals surface area contributed by atoms with Crippen LogP contribution in [0.4, 0.5) is 11.8 Å². The summed E-state index contributed by atoms with van der Waals surface area (Å²) >= 11 is 0. The lowest BCUT2D eigenvalue weighted by atomic mass is 9.76. The van der Waals surface area contributed by atoms with Crippen LogP contribution in [0.5, 0.6) is 0 Å². The van der Waals surface area contributed by atoms with Crippen LogP contribution in [0.2, 0.25) is 0 Å². The second kappa shape index (κ2) is 3.82. The molecule has 3 rings (SSSR count). The fraction of sp³-hybridized carbons (Fsp3) is 0.692. The second-order valence-electron chi connectivity index (χ2n) is 6.14. The first-order valence-electron chi connectivity index (χ1n) is 6.65. The molecule has 1 aliphatic carbocycles. The van der Waals surface area contributed by atoms with E-state index in [9.17, 15) is 0 Å². The van der Waals surface area contributed by atoms with Gasteiger partial charge in [0.05, 0.1) is 5.69 Å². The molecule has 0 saturated carbocycles. The lowest BCUT2D eigenvalue weighted by molar-refractivity contribution is 0.414. The van der Waals surface area contributed by atoms with Gasteiger partial charge in [0.25, 0.3) is 0 Å². The van der Waals surface area contributed by atoms with E-state index in [2.05, 4.69) is 28.7 Å². The first-order valence-corrected chi connectivity index (χ1v) is 6.65. The van der Waals surface area contributed by atoms with Crippen molar-refractivity contribution in [1.29, 1.82) is 0 Å². The summed E-state index contributed by atoms with van der Waals surface area (Å²) in [5.41, 5.74) is 14.3. The first-order chi connectivity index (χ1) is 8.47. The molecule has 0 amide bonds. The van der Waals surface area contributed by atoms with Gasteiger partial charge in [-0.1, -0.05) is 13.8 Å². The van der Waals surface area contributed by atoms with Crippen molar-refractivity contribution in [3.63, 3.8) is 0 Å². The van der Waals surface area contributed by atoms with E-state index < -0.39 is 0 Å². The number of nitrogens with two attached hydrogens (primary N) is 2. The number of hydrogen-bond donors (Lipinski definition) is 2. The van der Waals surface area contributed by atoms with E-state index in [1.165, 1.54) is 12.0 Å². The highest BCUT2D eigenvalue weighted by Gasteiger charge is 2.35. The molecule has 0 bridgehead atoms. The maximum Gasteiger partial charge on any atom is 0.222 e. The van der Waals surface area contributed by atoms with Gasteiger partial charge in [0, 0.05) is 30.1 Å². The normalized spacial score (nSPS) is 22.5. The molecule has 0 atom stereocenters. The van der Waals surface area contributed by atoms with Crippen LogP contribution >= 0.6 is 0 Å². The van der Waals surface area contributed by atoms with Crippen molar-refractivity contribution < 1.29 is 0 Å². The van der Waals surface area contributed by atoms with E-state index in [1.54, 1.807) is 0 Å². The van der Waals surface area contributed by atoms with Crippen molar-refractivity contribution in [2.75, 3.05) is 23.7 Å². The summed E-state index contributed by atoms with van der Waals surface area (Å²) in [6.45, 7) is 6.23. The van der Waals surface area contributed by atoms with Crippen LogP contribution in [0.1, 0.15) is 37.9 Å². The number of aromatic nitrogens is 2. The van der Waals surface area contributed by atoms with E-state index in [0.717, 1.165) is 37.4 Å². The van der Waals surface area contributed by atoms with Crippen LogP contribution < -0.4 is 16.4 Å². The molecule has 4 N–H and O–H groups in total. The van der Waals surface area contributed by atoms with Crippen LogP contribution in [-0.4, -0.2) is 29.1 Å². The van der Waals surface area contributed by atoms with Gasteiger partial charge in [-0.3, -0.25) is 0 Å². The van der Waals surface area contributed by atoms with Gasteiger partial charge in [-0.25, -0.2) is 4.98 Å². The van der Waals surface area contributed by atoms with Gasteiger partial charge in [-0.2, -0.15) is 4.98 Å². The Hall–Kier alpha value is -1.36. The third-order valence-electron chi connectivity index (χ3n) is 4.08. The summed E-state index contributed by atoms with van der Waals surface area (Å²) in [6.07, 6.45) is 3.41. The minimum absolute atomic E-state index is 0.104. The Labute approximate surface area is 108 Å². The standard InChI is InChI=1S/C13H21N5/c1-13(2)5-3-4-9-10(13)16-12(15)17-11(9)18-6-8(14)7-18/h8H,3-7,14H2,1-2H3,(H2,15,16,17).